The Morgan fingerprint density at radius 2 is 2.18 bits per heavy atom. The first-order valence-corrected chi connectivity index (χ1v) is 7.87. The molecule has 0 aromatic rings. The lowest BCUT2D eigenvalue weighted by molar-refractivity contribution is 0.258. The van der Waals surface area contributed by atoms with Crippen LogP contribution in [-0.4, -0.2) is 49.8 Å². The fourth-order valence-corrected chi connectivity index (χ4v) is 4.04. The Morgan fingerprint density at radius 3 is 2.71 bits per heavy atom. The van der Waals surface area contributed by atoms with Crippen molar-refractivity contribution in [2.24, 2.45) is 11.7 Å². The largest absolute Gasteiger partial charge is 0.330 e. The number of hydrogen-bond acceptors (Lipinski definition) is 3. The molecule has 1 saturated heterocycles. The van der Waals surface area contributed by atoms with Crippen molar-refractivity contribution in [3.8, 4) is 0 Å². The van der Waals surface area contributed by atoms with Gasteiger partial charge in [0, 0.05) is 26.2 Å². The first-order chi connectivity index (χ1) is 8.02. The summed E-state index contributed by atoms with van der Waals surface area (Å²) in [6.07, 6.45) is 2.81. The molecule has 2 N–H and O–H groups in total. The summed E-state index contributed by atoms with van der Waals surface area (Å²) in [5.41, 5.74) is 5.44. The van der Waals surface area contributed by atoms with Crippen LogP contribution in [0.5, 0.6) is 0 Å². The molecule has 0 amide bonds. The molecule has 1 aliphatic heterocycles. The van der Waals surface area contributed by atoms with Gasteiger partial charge in [-0.1, -0.05) is 13.8 Å². The van der Waals surface area contributed by atoms with Crippen molar-refractivity contribution in [1.82, 2.24) is 8.61 Å². The Labute approximate surface area is 105 Å². The van der Waals surface area contributed by atoms with Gasteiger partial charge in [0.25, 0.3) is 10.2 Å². The highest BCUT2D eigenvalue weighted by Gasteiger charge is 2.31. The molecule has 17 heavy (non-hydrogen) atoms. The zero-order valence-electron chi connectivity index (χ0n) is 10.9. The van der Waals surface area contributed by atoms with Crippen molar-refractivity contribution in [2.75, 3.05) is 32.7 Å². The van der Waals surface area contributed by atoms with Crippen LogP contribution in [0, 0.1) is 5.92 Å². The van der Waals surface area contributed by atoms with E-state index in [4.69, 9.17) is 5.73 Å². The quantitative estimate of drug-likeness (QED) is 0.764. The van der Waals surface area contributed by atoms with Gasteiger partial charge in [-0.2, -0.15) is 17.0 Å². The Morgan fingerprint density at radius 1 is 1.47 bits per heavy atom. The lowest BCUT2D eigenvalue weighted by Gasteiger charge is -2.34. The summed E-state index contributed by atoms with van der Waals surface area (Å²) in [5, 5.41) is 0. The van der Waals surface area contributed by atoms with E-state index < -0.39 is 10.2 Å². The maximum Gasteiger partial charge on any atom is 0.281 e. The smallest absolute Gasteiger partial charge is 0.281 e. The maximum atomic E-state index is 12.4. The van der Waals surface area contributed by atoms with Gasteiger partial charge in [-0.05, 0) is 31.7 Å². The molecule has 0 saturated carbocycles. The molecule has 1 unspecified atom stereocenters. The maximum absolute atomic E-state index is 12.4. The topological polar surface area (TPSA) is 66.6 Å². The van der Waals surface area contributed by atoms with E-state index in [1.165, 1.54) is 4.31 Å². The van der Waals surface area contributed by atoms with E-state index in [0.29, 0.717) is 38.6 Å². The van der Waals surface area contributed by atoms with Crippen LogP contribution in [0.1, 0.15) is 33.1 Å². The number of hydrogen-bond donors (Lipinski definition) is 1. The van der Waals surface area contributed by atoms with Crippen LogP contribution >= 0.6 is 0 Å². The Bertz CT molecular complexity index is 319. The molecule has 1 aliphatic rings. The highest BCUT2D eigenvalue weighted by atomic mass is 32.2. The third-order valence-electron chi connectivity index (χ3n) is 3.24. The number of rotatable bonds is 6. The number of piperidine rings is 1. The van der Waals surface area contributed by atoms with Crippen molar-refractivity contribution in [1.29, 1.82) is 0 Å². The average molecular weight is 263 g/mol. The fraction of sp³-hybridized carbons (Fsp3) is 1.00. The van der Waals surface area contributed by atoms with Crippen LogP contribution in [0.2, 0.25) is 0 Å². The van der Waals surface area contributed by atoms with E-state index in [1.807, 2.05) is 6.92 Å². The molecule has 0 radical (unpaired) electrons. The van der Waals surface area contributed by atoms with E-state index >= 15 is 0 Å². The Kier molecular flexibility index (Phi) is 5.85. The van der Waals surface area contributed by atoms with Crippen LogP contribution in [0.4, 0.5) is 0 Å². The van der Waals surface area contributed by atoms with E-state index in [2.05, 4.69) is 6.92 Å². The van der Waals surface area contributed by atoms with Crippen molar-refractivity contribution in [3.05, 3.63) is 0 Å². The molecular weight excluding hydrogens is 238 g/mol. The molecule has 0 aromatic heterocycles. The van der Waals surface area contributed by atoms with Crippen molar-refractivity contribution in [3.63, 3.8) is 0 Å². The van der Waals surface area contributed by atoms with Gasteiger partial charge in [0.05, 0.1) is 0 Å². The van der Waals surface area contributed by atoms with Crippen LogP contribution < -0.4 is 5.73 Å². The lowest BCUT2D eigenvalue weighted by Crippen LogP contribution is -2.48. The van der Waals surface area contributed by atoms with Gasteiger partial charge in [0.1, 0.15) is 0 Å². The molecule has 1 atom stereocenters. The molecule has 1 rings (SSSR count). The van der Waals surface area contributed by atoms with E-state index in [-0.39, 0.29) is 0 Å². The molecule has 5 nitrogen and oxygen atoms in total. The fourth-order valence-electron chi connectivity index (χ4n) is 2.22. The monoisotopic (exact) mass is 263 g/mol. The molecule has 6 heteroatoms. The number of nitrogens with zero attached hydrogens (tertiary/aromatic N) is 2. The van der Waals surface area contributed by atoms with Crippen LogP contribution in [-0.2, 0) is 10.2 Å². The summed E-state index contributed by atoms with van der Waals surface area (Å²) < 4.78 is 27.9. The second-order valence-corrected chi connectivity index (χ2v) is 6.68. The van der Waals surface area contributed by atoms with Gasteiger partial charge in [0.2, 0.25) is 0 Å². The van der Waals surface area contributed by atoms with E-state index in [9.17, 15) is 8.42 Å². The summed E-state index contributed by atoms with van der Waals surface area (Å²) >= 11 is 0. The van der Waals surface area contributed by atoms with E-state index in [0.717, 1.165) is 19.3 Å². The molecule has 0 spiro atoms. The second kappa shape index (κ2) is 6.68. The summed E-state index contributed by atoms with van der Waals surface area (Å²) in [6.45, 7) is 6.88. The lowest BCUT2D eigenvalue weighted by atomic mass is 10.0. The third kappa shape index (κ3) is 3.91. The minimum absolute atomic E-state index is 0.465. The summed E-state index contributed by atoms with van der Waals surface area (Å²) in [4.78, 5) is 0. The van der Waals surface area contributed by atoms with Crippen molar-refractivity contribution in [2.45, 2.75) is 33.1 Å². The highest BCUT2D eigenvalue weighted by molar-refractivity contribution is 7.86. The van der Waals surface area contributed by atoms with Crippen molar-refractivity contribution < 1.29 is 8.42 Å². The van der Waals surface area contributed by atoms with Gasteiger partial charge in [-0.25, -0.2) is 0 Å². The van der Waals surface area contributed by atoms with Crippen LogP contribution in [0.3, 0.4) is 0 Å². The second-order valence-electron chi connectivity index (χ2n) is 4.75. The first kappa shape index (κ1) is 14.9. The van der Waals surface area contributed by atoms with Crippen LogP contribution in [0.25, 0.3) is 0 Å². The molecule has 0 aliphatic carbocycles. The zero-order chi connectivity index (χ0) is 12.9. The zero-order valence-corrected chi connectivity index (χ0v) is 11.7. The normalized spacial score (nSPS) is 23.2. The van der Waals surface area contributed by atoms with Gasteiger partial charge in [0.15, 0.2) is 0 Å². The Hall–Kier alpha value is -0.170. The molecular formula is C11H25N3O2S. The molecule has 0 aromatic carbocycles. The van der Waals surface area contributed by atoms with Gasteiger partial charge in [-0.15, -0.1) is 0 Å². The number of nitrogens with two attached hydrogens (primary N) is 1. The summed E-state index contributed by atoms with van der Waals surface area (Å²) in [5.74, 6) is 0.465. The Balaban J connectivity index is 2.69. The van der Waals surface area contributed by atoms with E-state index in [1.54, 1.807) is 4.31 Å². The summed E-state index contributed by atoms with van der Waals surface area (Å²) in [6, 6.07) is 0. The van der Waals surface area contributed by atoms with Crippen molar-refractivity contribution >= 4 is 10.2 Å². The molecule has 102 valence electrons. The average Bonchev–Trinajstić information content (AvgIpc) is 2.30. The highest BCUT2D eigenvalue weighted by Crippen LogP contribution is 2.20. The van der Waals surface area contributed by atoms with Crippen LogP contribution in [0.15, 0.2) is 0 Å². The van der Waals surface area contributed by atoms with Gasteiger partial charge < -0.3 is 5.73 Å². The predicted octanol–water partition coefficient (Wildman–Crippen LogP) is 0.634. The van der Waals surface area contributed by atoms with Gasteiger partial charge >= 0.3 is 0 Å². The molecule has 1 fully saturated rings. The molecule has 0 bridgehead atoms. The van der Waals surface area contributed by atoms with Gasteiger partial charge in [-0.3, -0.25) is 0 Å². The molecule has 1 heterocycles. The minimum atomic E-state index is -3.27. The predicted molar refractivity (Wildman–Crippen MR) is 69.8 cm³/mol. The standard InChI is InChI=1S/C11H25N3O2S/c1-3-13(9-5-7-12)17(15,16)14-8-4-6-11(2)10-14/h11H,3-10,12H2,1-2H3. The first-order valence-electron chi connectivity index (χ1n) is 6.47. The third-order valence-corrected chi connectivity index (χ3v) is 5.31. The minimum Gasteiger partial charge on any atom is -0.330 e. The SMILES string of the molecule is CCN(CCCN)S(=O)(=O)N1CCCC(C)C1. The summed E-state index contributed by atoms with van der Waals surface area (Å²) in [7, 11) is -3.27.